The SMILES string of the molecule is CN(C)CCOc1cc(F)cc(-c2cncc3[nH]c(-c4n[nH]c5ccc(-c6ccncc6)nc45)nc23)c1. The molecule has 0 atom stereocenters. The maximum absolute atomic E-state index is 14.5. The number of aromatic amines is 2. The smallest absolute Gasteiger partial charge is 0.161 e. The Bertz CT molecular complexity index is 1710. The van der Waals surface area contributed by atoms with Crippen molar-refractivity contribution in [2.45, 2.75) is 0 Å². The molecular weight excluding hydrogens is 471 g/mol. The van der Waals surface area contributed by atoms with Gasteiger partial charge in [-0.25, -0.2) is 14.4 Å². The van der Waals surface area contributed by atoms with Crippen LogP contribution in [0.25, 0.3) is 56.0 Å². The van der Waals surface area contributed by atoms with E-state index >= 15 is 0 Å². The highest BCUT2D eigenvalue weighted by Gasteiger charge is 2.18. The van der Waals surface area contributed by atoms with Gasteiger partial charge in [0.1, 0.15) is 23.7 Å². The first kappa shape index (κ1) is 22.7. The first-order valence-electron chi connectivity index (χ1n) is 11.7. The normalized spacial score (nSPS) is 11.6. The summed E-state index contributed by atoms with van der Waals surface area (Å²) in [6, 6.07) is 12.3. The van der Waals surface area contributed by atoms with Gasteiger partial charge >= 0.3 is 0 Å². The molecule has 0 aliphatic heterocycles. The van der Waals surface area contributed by atoms with E-state index in [9.17, 15) is 4.39 Å². The quantitative estimate of drug-likeness (QED) is 0.331. The van der Waals surface area contributed by atoms with Crippen molar-refractivity contribution < 1.29 is 9.13 Å². The zero-order valence-electron chi connectivity index (χ0n) is 20.2. The molecule has 2 N–H and O–H groups in total. The van der Waals surface area contributed by atoms with Crippen molar-refractivity contribution in [3.63, 3.8) is 0 Å². The third kappa shape index (κ3) is 4.50. The molecular formula is C27H23FN8O. The van der Waals surface area contributed by atoms with Gasteiger partial charge < -0.3 is 14.6 Å². The second-order valence-electron chi connectivity index (χ2n) is 8.90. The van der Waals surface area contributed by atoms with E-state index in [4.69, 9.17) is 14.7 Å². The van der Waals surface area contributed by atoms with Crippen molar-refractivity contribution in [1.82, 2.24) is 40.0 Å². The molecule has 5 aromatic heterocycles. The van der Waals surface area contributed by atoms with E-state index in [0.717, 1.165) is 23.3 Å². The molecule has 0 spiro atoms. The number of pyridine rings is 3. The predicted octanol–water partition coefficient (Wildman–Crippen LogP) is 4.70. The number of halogens is 1. The Hall–Kier alpha value is -4.70. The summed E-state index contributed by atoms with van der Waals surface area (Å²) >= 11 is 0. The number of fused-ring (bicyclic) bond motifs is 2. The van der Waals surface area contributed by atoms with Crippen LogP contribution in [0.5, 0.6) is 5.75 Å². The Kier molecular flexibility index (Phi) is 5.78. The first-order valence-corrected chi connectivity index (χ1v) is 11.7. The molecule has 184 valence electrons. The summed E-state index contributed by atoms with van der Waals surface area (Å²) < 4.78 is 20.3. The fourth-order valence-corrected chi connectivity index (χ4v) is 4.15. The lowest BCUT2D eigenvalue weighted by atomic mass is 10.1. The van der Waals surface area contributed by atoms with Crippen LogP contribution in [0.1, 0.15) is 0 Å². The van der Waals surface area contributed by atoms with Gasteiger partial charge in [0.25, 0.3) is 0 Å². The molecule has 0 fully saturated rings. The molecule has 0 bridgehead atoms. The predicted molar refractivity (Wildman–Crippen MR) is 139 cm³/mol. The number of ether oxygens (including phenoxy) is 1. The lowest BCUT2D eigenvalue weighted by Crippen LogP contribution is -2.19. The van der Waals surface area contributed by atoms with Crippen LogP contribution in [-0.2, 0) is 0 Å². The molecule has 5 heterocycles. The Morgan fingerprint density at radius 3 is 2.59 bits per heavy atom. The van der Waals surface area contributed by atoms with Crippen LogP contribution in [0.15, 0.2) is 67.3 Å². The van der Waals surface area contributed by atoms with Crippen LogP contribution in [-0.4, -0.2) is 67.3 Å². The van der Waals surface area contributed by atoms with E-state index in [1.54, 1.807) is 30.9 Å². The summed E-state index contributed by atoms with van der Waals surface area (Å²) in [5.74, 6) is 0.598. The topological polar surface area (TPSA) is 108 Å². The molecule has 0 aliphatic rings. The van der Waals surface area contributed by atoms with Crippen molar-refractivity contribution in [1.29, 1.82) is 0 Å². The Labute approximate surface area is 211 Å². The van der Waals surface area contributed by atoms with Gasteiger partial charge in [-0.2, -0.15) is 5.10 Å². The van der Waals surface area contributed by atoms with Crippen molar-refractivity contribution in [3.05, 3.63) is 73.1 Å². The average molecular weight is 495 g/mol. The number of benzene rings is 1. The number of nitrogens with one attached hydrogen (secondary N) is 2. The van der Waals surface area contributed by atoms with E-state index in [1.165, 1.54) is 12.1 Å². The molecule has 37 heavy (non-hydrogen) atoms. The molecule has 6 aromatic rings. The zero-order valence-corrected chi connectivity index (χ0v) is 20.2. The lowest BCUT2D eigenvalue weighted by Gasteiger charge is -2.12. The third-order valence-corrected chi connectivity index (χ3v) is 5.99. The van der Waals surface area contributed by atoms with Gasteiger partial charge in [0, 0.05) is 42.3 Å². The molecule has 0 radical (unpaired) electrons. The number of nitrogens with zero attached hydrogens (tertiary/aromatic N) is 6. The van der Waals surface area contributed by atoms with Crippen LogP contribution in [0.2, 0.25) is 0 Å². The van der Waals surface area contributed by atoms with E-state index in [2.05, 4.69) is 25.1 Å². The minimum atomic E-state index is -0.392. The van der Waals surface area contributed by atoms with Gasteiger partial charge in [0.15, 0.2) is 11.5 Å². The molecule has 0 saturated carbocycles. The average Bonchev–Trinajstić information content (AvgIpc) is 3.52. The summed E-state index contributed by atoms with van der Waals surface area (Å²) in [6.07, 6.45) is 6.83. The number of hydrogen-bond acceptors (Lipinski definition) is 7. The van der Waals surface area contributed by atoms with Crippen LogP contribution >= 0.6 is 0 Å². The highest BCUT2D eigenvalue weighted by Crippen LogP contribution is 2.33. The maximum atomic E-state index is 14.5. The van der Waals surface area contributed by atoms with Crippen molar-refractivity contribution in [3.8, 4) is 39.7 Å². The number of imidazole rings is 1. The number of rotatable bonds is 7. The Morgan fingerprint density at radius 2 is 1.76 bits per heavy atom. The molecule has 0 amide bonds. The summed E-state index contributed by atoms with van der Waals surface area (Å²) in [7, 11) is 3.92. The molecule has 0 saturated heterocycles. The lowest BCUT2D eigenvalue weighted by molar-refractivity contribution is 0.260. The molecule has 1 aromatic carbocycles. The molecule has 9 nitrogen and oxygen atoms in total. The van der Waals surface area contributed by atoms with Gasteiger partial charge in [-0.05, 0) is 56.1 Å². The number of H-pyrrole nitrogens is 2. The first-order chi connectivity index (χ1) is 18.0. The second kappa shape index (κ2) is 9.40. The zero-order chi connectivity index (χ0) is 25.4. The largest absolute Gasteiger partial charge is 0.492 e. The number of hydrogen-bond donors (Lipinski definition) is 2. The third-order valence-electron chi connectivity index (χ3n) is 5.99. The van der Waals surface area contributed by atoms with Gasteiger partial charge in [0.2, 0.25) is 0 Å². The maximum Gasteiger partial charge on any atom is 0.161 e. The summed E-state index contributed by atoms with van der Waals surface area (Å²) in [5.41, 5.74) is 6.47. The molecule has 6 rings (SSSR count). The highest BCUT2D eigenvalue weighted by atomic mass is 19.1. The molecule has 10 heteroatoms. The minimum absolute atomic E-state index is 0.392. The monoisotopic (exact) mass is 494 g/mol. The van der Waals surface area contributed by atoms with Crippen LogP contribution < -0.4 is 4.74 Å². The van der Waals surface area contributed by atoms with Crippen LogP contribution in [0.3, 0.4) is 0 Å². The molecule has 0 unspecified atom stereocenters. The minimum Gasteiger partial charge on any atom is -0.492 e. The summed E-state index contributed by atoms with van der Waals surface area (Å²) in [5, 5.41) is 7.50. The van der Waals surface area contributed by atoms with Crippen molar-refractivity contribution >= 4 is 22.1 Å². The van der Waals surface area contributed by atoms with Crippen LogP contribution in [0, 0.1) is 5.82 Å². The fourth-order valence-electron chi connectivity index (χ4n) is 4.15. The van der Waals surface area contributed by atoms with Crippen LogP contribution in [0.4, 0.5) is 4.39 Å². The Morgan fingerprint density at radius 1 is 0.892 bits per heavy atom. The fraction of sp³-hybridized carbons (Fsp3) is 0.148. The van der Waals surface area contributed by atoms with E-state index in [0.29, 0.717) is 51.6 Å². The highest BCUT2D eigenvalue weighted by molar-refractivity contribution is 5.96. The van der Waals surface area contributed by atoms with Gasteiger partial charge in [-0.3, -0.25) is 15.1 Å². The molecule has 0 aliphatic carbocycles. The van der Waals surface area contributed by atoms with Crippen molar-refractivity contribution in [2.24, 2.45) is 0 Å². The summed E-state index contributed by atoms with van der Waals surface area (Å²) in [4.78, 5) is 23.4. The van der Waals surface area contributed by atoms with Crippen molar-refractivity contribution in [2.75, 3.05) is 27.2 Å². The second-order valence-corrected chi connectivity index (χ2v) is 8.90. The summed E-state index contributed by atoms with van der Waals surface area (Å²) in [6.45, 7) is 1.17. The van der Waals surface area contributed by atoms with Gasteiger partial charge in [0.05, 0.1) is 28.4 Å². The number of aromatic nitrogens is 7. The van der Waals surface area contributed by atoms with E-state index in [1.807, 2.05) is 43.3 Å². The van der Waals surface area contributed by atoms with E-state index in [-0.39, 0.29) is 0 Å². The van der Waals surface area contributed by atoms with Gasteiger partial charge in [-0.15, -0.1) is 0 Å². The Balaban J connectivity index is 1.41. The number of likely N-dealkylation sites (N-methyl/N-ethyl adjacent to an activating group) is 1. The van der Waals surface area contributed by atoms with E-state index < -0.39 is 5.82 Å². The standard InChI is InChI=1S/C27H23FN8O/c1-36(2)9-10-37-19-12-17(11-18(28)13-19)20-14-30-15-23-24(20)33-27(32-23)26-25-22(34-35-26)4-3-21(31-25)16-5-7-29-8-6-16/h3-8,11-15H,9-10H2,1-2H3,(H,32,33)(H,34,35). The van der Waals surface area contributed by atoms with Gasteiger partial charge in [-0.1, -0.05) is 0 Å².